The van der Waals surface area contributed by atoms with E-state index in [-0.39, 0.29) is 12.3 Å². The standard InChI is InChI=1S/C18H12ClIN2O3S/c19-12-7-5-11(6-8-12)17-22-15(10-26-17)18(24)25-9-16(23)21-14-4-2-1-3-13(14)20/h1-8,10H,9H2,(H,21,23). The number of para-hydroxylation sites is 1. The lowest BCUT2D eigenvalue weighted by molar-refractivity contribution is -0.119. The summed E-state index contributed by atoms with van der Waals surface area (Å²) in [5, 5.41) is 5.61. The molecule has 0 radical (unpaired) electrons. The molecule has 0 aliphatic heterocycles. The number of halogens is 2. The van der Waals surface area contributed by atoms with Gasteiger partial charge >= 0.3 is 5.97 Å². The van der Waals surface area contributed by atoms with Crippen molar-refractivity contribution in [2.75, 3.05) is 11.9 Å². The van der Waals surface area contributed by atoms with Gasteiger partial charge < -0.3 is 10.1 Å². The van der Waals surface area contributed by atoms with E-state index < -0.39 is 11.9 Å². The minimum Gasteiger partial charge on any atom is -0.451 e. The van der Waals surface area contributed by atoms with Crippen molar-refractivity contribution < 1.29 is 14.3 Å². The molecule has 3 rings (SSSR count). The van der Waals surface area contributed by atoms with Gasteiger partial charge in [0.15, 0.2) is 12.3 Å². The molecule has 1 aromatic heterocycles. The number of benzene rings is 2. The van der Waals surface area contributed by atoms with Gasteiger partial charge in [-0.3, -0.25) is 4.79 Å². The van der Waals surface area contributed by atoms with E-state index in [1.54, 1.807) is 23.6 Å². The van der Waals surface area contributed by atoms with Crippen molar-refractivity contribution in [1.29, 1.82) is 0 Å². The summed E-state index contributed by atoms with van der Waals surface area (Å²) in [4.78, 5) is 28.3. The van der Waals surface area contributed by atoms with Crippen LogP contribution in [-0.2, 0) is 9.53 Å². The summed E-state index contributed by atoms with van der Waals surface area (Å²) >= 11 is 9.30. The topological polar surface area (TPSA) is 68.3 Å². The molecule has 132 valence electrons. The summed E-state index contributed by atoms with van der Waals surface area (Å²) in [6.45, 7) is -0.377. The molecular weight excluding hydrogens is 487 g/mol. The summed E-state index contributed by atoms with van der Waals surface area (Å²) in [6, 6.07) is 14.5. The second kappa shape index (κ2) is 8.61. The van der Waals surface area contributed by atoms with Gasteiger partial charge in [-0.05, 0) is 46.9 Å². The van der Waals surface area contributed by atoms with Crippen molar-refractivity contribution >= 4 is 63.1 Å². The van der Waals surface area contributed by atoms with Crippen molar-refractivity contribution in [2.45, 2.75) is 0 Å². The van der Waals surface area contributed by atoms with Crippen LogP contribution in [0.25, 0.3) is 10.6 Å². The first kappa shape index (κ1) is 18.8. The van der Waals surface area contributed by atoms with Gasteiger partial charge in [0.1, 0.15) is 5.01 Å². The van der Waals surface area contributed by atoms with Gasteiger partial charge in [-0.1, -0.05) is 35.9 Å². The number of carbonyl (C=O) groups excluding carboxylic acids is 2. The third-order valence-electron chi connectivity index (χ3n) is 3.29. The van der Waals surface area contributed by atoms with Crippen molar-refractivity contribution in [3.8, 4) is 10.6 Å². The Morgan fingerprint density at radius 3 is 2.62 bits per heavy atom. The molecule has 2 aromatic carbocycles. The fourth-order valence-electron chi connectivity index (χ4n) is 2.05. The maximum atomic E-state index is 12.1. The van der Waals surface area contributed by atoms with Gasteiger partial charge in [-0.25, -0.2) is 9.78 Å². The number of amides is 1. The van der Waals surface area contributed by atoms with Gasteiger partial charge in [0.05, 0.1) is 5.69 Å². The minimum absolute atomic E-state index is 0.169. The normalized spacial score (nSPS) is 10.4. The monoisotopic (exact) mass is 498 g/mol. The van der Waals surface area contributed by atoms with Crippen LogP contribution in [0.4, 0.5) is 5.69 Å². The molecule has 0 atom stereocenters. The van der Waals surface area contributed by atoms with Crippen molar-refractivity contribution in [3.63, 3.8) is 0 Å². The zero-order valence-electron chi connectivity index (χ0n) is 13.2. The highest BCUT2D eigenvalue weighted by atomic mass is 127. The fraction of sp³-hybridized carbons (Fsp3) is 0.0556. The molecule has 8 heteroatoms. The lowest BCUT2D eigenvalue weighted by Crippen LogP contribution is -2.21. The number of hydrogen-bond donors (Lipinski definition) is 1. The Hall–Kier alpha value is -1.97. The van der Waals surface area contributed by atoms with Gasteiger partial charge in [-0.15, -0.1) is 11.3 Å². The first-order valence-electron chi connectivity index (χ1n) is 7.46. The van der Waals surface area contributed by atoms with E-state index >= 15 is 0 Å². The molecule has 0 saturated carbocycles. The first-order chi connectivity index (χ1) is 12.5. The van der Waals surface area contributed by atoms with E-state index in [4.69, 9.17) is 16.3 Å². The Balaban J connectivity index is 1.58. The predicted octanol–water partition coefficient (Wildman–Crippen LogP) is 4.86. The maximum absolute atomic E-state index is 12.1. The van der Waals surface area contributed by atoms with Crippen LogP contribution in [0.15, 0.2) is 53.9 Å². The quantitative estimate of drug-likeness (QED) is 0.403. The second-order valence-corrected chi connectivity index (χ2v) is 7.61. The van der Waals surface area contributed by atoms with E-state index in [1.807, 2.05) is 30.3 Å². The zero-order valence-corrected chi connectivity index (χ0v) is 17.0. The van der Waals surface area contributed by atoms with E-state index in [0.717, 1.165) is 9.13 Å². The highest BCUT2D eigenvalue weighted by Crippen LogP contribution is 2.25. The van der Waals surface area contributed by atoms with Crippen molar-refractivity contribution in [2.24, 2.45) is 0 Å². The molecule has 26 heavy (non-hydrogen) atoms. The predicted molar refractivity (Wildman–Crippen MR) is 111 cm³/mol. The number of ether oxygens (including phenoxy) is 1. The van der Waals surface area contributed by atoms with Crippen molar-refractivity contribution in [3.05, 3.63) is 68.2 Å². The van der Waals surface area contributed by atoms with Gasteiger partial charge in [0, 0.05) is 19.5 Å². The molecule has 0 spiro atoms. The first-order valence-corrected chi connectivity index (χ1v) is 9.79. The highest BCUT2D eigenvalue weighted by Gasteiger charge is 2.15. The molecule has 0 aliphatic rings. The zero-order chi connectivity index (χ0) is 18.5. The number of nitrogens with zero attached hydrogens (tertiary/aromatic N) is 1. The van der Waals surface area contributed by atoms with Crippen molar-refractivity contribution in [1.82, 2.24) is 4.98 Å². The Labute approximate surface area is 172 Å². The molecule has 1 amide bonds. The number of aromatic nitrogens is 1. The molecule has 0 aliphatic carbocycles. The Kier molecular flexibility index (Phi) is 6.23. The molecule has 0 fully saturated rings. The Morgan fingerprint density at radius 1 is 1.15 bits per heavy atom. The number of esters is 1. The van der Waals surface area contributed by atoms with Crippen LogP contribution in [0, 0.1) is 3.57 Å². The molecular formula is C18H12ClIN2O3S. The van der Waals surface area contributed by atoms with Crippen LogP contribution in [0.3, 0.4) is 0 Å². The van der Waals surface area contributed by atoms with Crippen LogP contribution in [0.1, 0.15) is 10.5 Å². The maximum Gasteiger partial charge on any atom is 0.358 e. The second-order valence-electron chi connectivity index (χ2n) is 5.15. The lowest BCUT2D eigenvalue weighted by atomic mass is 10.2. The van der Waals surface area contributed by atoms with Crippen LogP contribution in [0.2, 0.25) is 5.02 Å². The largest absolute Gasteiger partial charge is 0.451 e. The molecule has 1 heterocycles. The molecule has 3 aromatic rings. The molecule has 0 bridgehead atoms. The molecule has 5 nitrogen and oxygen atoms in total. The average molecular weight is 499 g/mol. The molecule has 0 unspecified atom stereocenters. The van der Waals surface area contributed by atoms with Crippen LogP contribution in [-0.4, -0.2) is 23.5 Å². The number of rotatable bonds is 5. The lowest BCUT2D eigenvalue weighted by Gasteiger charge is -2.07. The molecule has 0 saturated heterocycles. The molecule has 1 N–H and O–H groups in total. The number of nitrogens with one attached hydrogen (secondary N) is 1. The van der Waals surface area contributed by atoms with Crippen LogP contribution in [0.5, 0.6) is 0 Å². The SMILES string of the molecule is O=C(COC(=O)c1csc(-c2ccc(Cl)cc2)n1)Nc1ccccc1I. The van der Waals surface area contributed by atoms with E-state index in [1.165, 1.54) is 11.3 Å². The minimum atomic E-state index is -0.639. The van der Waals surface area contributed by atoms with Crippen LogP contribution >= 0.6 is 45.5 Å². The van der Waals surface area contributed by atoms with Gasteiger partial charge in [0.25, 0.3) is 5.91 Å². The summed E-state index contributed by atoms with van der Waals surface area (Å²) in [5.41, 5.74) is 1.70. The van der Waals surface area contributed by atoms with Gasteiger partial charge in [-0.2, -0.15) is 0 Å². The van der Waals surface area contributed by atoms with Gasteiger partial charge in [0.2, 0.25) is 0 Å². The summed E-state index contributed by atoms with van der Waals surface area (Å²) in [6.07, 6.45) is 0. The summed E-state index contributed by atoms with van der Waals surface area (Å²) in [7, 11) is 0. The number of hydrogen-bond acceptors (Lipinski definition) is 5. The van der Waals surface area contributed by atoms with Crippen LogP contribution < -0.4 is 5.32 Å². The average Bonchev–Trinajstić information content (AvgIpc) is 3.12. The third-order valence-corrected chi connectivity index (χ3v) is 5.37. The summed E-state index contributed by atoms with van der Waals surface area (Å²) in [5.74, 6) is -1.05. The third kappa shape index (κ3) is 4.80. The number of carbonyl (C=O) groups is 2. The number of anilines is 1. The number of thiazole rings is 1. The van der Waals surface area contributed by atoms with E-state index in [0.29, 0.717) is 15.7 Å². The highest BCUT2D eigenvalue weighted by molar-refractivity contribution is 14.1. The van der Waals surface area contributed by atoms with E-state index in [2.05, 4.69) is 32.9 Å². The fourth-order valence-corrected chi connectivity index (χ4v) is 3.49. The summed E-state index contributed by atoms with van der Waals surface area (Å²) < 4.78 is 5.94. The van der Waals surface area contributed by atoms with E-state index in [9.17, 15) is 9.59 Å². The smallest absolute Gasteiger partial charge is 0.358 e. The Morgan fingerprint density at radius 2 is 1.88 bits per heavy atom. The Bertz CT molecular complexity index is 944.